The maximum Gasteiger partial charge on any atom is 0.162 e. The van der Waals surface area contributed by atoms with Crippen molar-refractivity contribution < 1.29 is 9.53 Å². The van der Waals surface area contributed by atoms with Gasteiger partial charge in [-0.05, 0) is 78.7 Å². The van der Waals surface area contributed by atoms with E-state index in [2.05, 4.69) is 38.1 Å². The van der Waals surface area contributed by atoms with Crippen LogP contribution in [0.2, 0.25) is 0 Å². The van der Waals surface area contributed by atoms with E-state index in [1.807, 2.05) is 6.08 Å². The lowest BCUT2D eigenvalue weighted by Crippen LogP contribution is -2.47. The molecule has 0 N–H and O–H groups in total. The molecular formula is C21H26O2. The Morgan fingerprint density at radius 3 is 2.91 bits per heavy atom. The predicted octanol–water partition coefficient (Wildman–Crippen LogP) is 4.53. The summed E-state index contributed by atoms with van der Waals surface area (Å²) in [6.45, 7) is 4.58. The lowest BCUT2D eigenvalue weighted by atomic mass is 9.52. The standard InChI is InChI=1S/C21H26O2/c1-4-21-10-9-17-16-6-5-15(23-3)12-14(16)11-13(2)20(17)18(21)7-8-19(21)22/h5-8,12-13,17-18,20H,4,9-11H2,1-3H3/t13-,17-,18+,20-,21?/m1/s1. The molecule has 1 aromatic carbocycles. The van der Waals surface area contributed by atoms with Gasteiger partial charge < -0.3 is 4.74 Å². The van der Waals surface area contributed by atoms with E-state index < -0.39 is 0 Å². The predicted molar refractivity (Wildman–Crippen MR) is 91.7 cm³/mol. The Kier molecular flexibility index (Phi) is 3.40. The van der Waals surface area contributed by atoms with Crippen molar-refractivity contribution in [2.75, 3.05) is 7.11 Å². The zero-order chi connectivity index (χ0) is 16.2. The van der Waals surface area contributed by atoms with Gasteiger partial charge in [0.2, 0.25) is 0 Å². The van der Waals surface area contributed by atoms with Crippen molar-refractivity contribution in [3.63, 3.8) is 0 Å². The number of methoxy groups -OCH3 is 1. The number of ketones is 1. The maximum absolute atomic E-state index is 12.6. The van der Waals surface area contributed by atoms with Gasteiger partial charge in [0.25, 0.3) is 0 Å². The summed E-state index contributed by atoms with van der Waals surface area (Å²) in [5.41, 5.74) is 2.86. The van der Waals surface area contributed by atoms with Gasteiger partial charge in [-0.15, -0.1) is 0 Å². The molecule has 3 aliphatic rings. The van der Waals surface area contributed by atoms with Crippen LogP contribution in [0.15, 0.2) is 30.4 Å². The van der Waals surface area contributed by atoms with Gasteiger partial charge in [0.1, 0.15) is 5.75 Å². The average molecular weight is 310 g/mol. The number of hydrogen-bond donors (Lipinski definition) is 0. The Balaban J connectivity index is 1.76. The minimum Gasteiger partial charge on any atom is -0.497 e. The Morgan fingerprint density at radius 2 is 2.17 bits per heavy atom. The van der Waals surface area contributed by atoms with Crippen LogP contribution in [0.4, 0.5) is 0 Å². The second kappa shape index (κ2) is 5.22. The lowest BCUT2D eigenvalue weighted by molar-refractivity contribution is -0.129. The van der Waals surface area contributed by atoms with E-state index in [1.54, 1.807) is 7.11 Å². The summed E-state index contributed by atoms with van der Waals surface area (Å²) in [5, 5.41) is 0. The first kappa shape index (κ1) is 15.0. The molecule has 0 saturated heterocycles. The van der Waals surface area contributed by atoms with Gasteiger partial charge >= 0.3 is 0 Å². The summed E-state index contributed by atoms with van der Waals surface area (Å²) in [4.78, 5) is 12.6. The van der Waals surface area contributed by atoms with Crippen molar-refractivity contribution in [1.82, 2.24) is 0 Å². The quantitative estimate of drug-likeness (QED) is 0.802. The minimum absolute atomic E-state index is 0.0978. The van der Waals surface area contributed by atoms with Crippen LogP contribution >= 0.6 is 0 Å². The number of allylic oxidation sites excluding steroid dienone is 2. The van der Waals surface area contributed by atoms with Crippen molar-refractivity contribution in [2.45, 2.75) is 45.4 Å². The molecule has 0 bridgehead atoms. The summed E-state index contributed by atoms with van der Waals surface area (Å²) in [6, 6.07) is 6.60. The molecule has 1 fully saturated rings. The highest BCUT2D eigenvalue weighted by molar-refractivity contribution is 5.98. The van der Waals surface area contributed by atoms with Gasteiger partial charge in [0.15, 0.2) is 5.78 Å². The Labute approximate surface area is 138 Å². The van der Waals surface area contributed by atoms with Crippen LogP contribution in [0.3, 0.4) is 0 Å². The van der Waals surface area contributed by atoms with E-state index in [9.17, 15) is 4.79 Å². The molecule has 0 heterocycles. The number of fused-ring (bicyclic) bond motifs is 5. The van der Waals surface area contributed by atoms with Crippen LogP contribution in [0.25, 0.3) is 0 Å². The number of carbonyl (C=O) groups excluding carboxylic acids is 1. The van der Waals surface area contributed by atoms with Gasteiger partial charge in [0, 0.05) is 5.41 Å². The maximum atomic E-state index is 12.6. The number of carbonyl (C=O) groups is 1. The zero-order valence-electron chi connectivity index (χ0n) is 14.3. The SMILES string of the molecule is CCC12CC[C@@H]3c4ccc(OC)cc4C[C@@H](C)[C@H]3[C@@H]1C=CC2=O. The first-order valence-corrected chi connectivity index (χ1v) is 9.00. The van der Waals surface area contributed by atoms with E-state index in [0.29, 0.717) is 29.5 Å². The molecule has 1 unspecified atom stereocenters. The van der Waals surface area contributed by atoms with Crippen molar-refractivity contribution in [3.05, 3.63) is 41.5 Å². The Hall–Kier alpha value is -1.57. The molecule has 0 amide bonds. The summed E-state index contributed by atoms with van der Waals surface area (Å²) in [7, 11) is 1.74. The third-order valence-electron chi connectivity index (χ3n) is 6.94. The smallest absolute Gasteiger partial charge is 0.162 e. The second-order valence-corrected chi connectivity index (χ2v) is 7.73. The van der Waals surface area contributed by atoms with E-state index in [4.69, 9.17) is 4.74 Å². The van der Waals surface area contributed by atoms with Crippen LogP contribution < -0.4 is 4.74 Å². The van der Waals surface area contributed by atoms with Crippen molar-refractivity contribution in [3.8, 4) is 5.75 Å². The van der Waals surface area contributed by atoms with Gasteiger partial charge in [-0.2, -0.15) is 0 Å². The third kappa shape index (κ3) is 1.96. The highest BCUT2D eigenvalue weighted by atomic mass is 16.5. The molecule has 2 nitrogen and oxygen atoms in total. The molecule has 0 spiro atoms. The highest BCUT2D eigenvalue weighted by Crippen LogP contribution is 2.60. The fourth-order valence-corrected chi connectivity index (χ4v) is 5.78. The van der Waals surface area contributed by atoms with Gasteiger partial charge in [-0.1, -0.05) is 26.0 Å². The number of hydrogen-bond acceptors (Lipinski definition) is 2. The molecule has 4 rings (SSSR count). The summed E-state index contributed by atoms with van der Waals surface area (Å²) < 4.78 is 5.41. The second-order valence-electron chi connectivity index (χ2n) is 7.73. The van der Waals surface area contributed by atoms with E-state index in [0.717, 1.165) is 31.4 Å². The zero-order valence-corrected chi connectivity index (χ0v) is 14.3. The summed E-state index contributed by atoms with van der Waals surface area (Å²) in [6.07, 6.45) is 8.40. The molecule has 5 atom stereocenters. The van der Waals surface area contributed by atoms with Crippen LogP contribution in [-0.4, -0.2) is 12.9 Å². The van der Waals surface area contributed by atoms with Gasteiger partial charge in [-0.25, -0.2) is 0 Å². The van der Waals surface area contributed by atoms with E-state index in [-0.39, 0.29) is 5.41 Å². The number of ether oxygens (including phenoxy) is 1. The van der Waals surface area contributed by atoms with Crippen molar-refractivity contribution >= 4 is 5.78 Å². The molecule has 0 aromatic heterocycles. The largest absolute Gasteiger partial charge is 0.497 e. The van der Waals surface area contributed by atoms with Gasteiger partial charge in [-0.3, -0.25) is 4.79 Å². The number of rotatable bonds is 2. The third-order valence-corrected chi connectivity index (χ3v) is 6.94. The molecule has 1 aromatic rings. The Bertz CT molecular complexity index is 674. The van der Waals surface area contributed by atoms with Crippen molar-refractivity contribution in [2.24, 2.45) is 23.2 Å². The molecule has 0 radical (unpaired) electrons. The fourth-order valence-electron chi connectivity index (χ4n) is 5.78. The molecule has 122 valence electrons. The first-order chi connectivity index (χ1) is 11.1. The first-order valence-electron chi connectivity index (χ1n) is 9.00. The molecule has 1 saturated carbocycles. The fraction of sp³-hybridized carbons (Fsp3) is 0.571. The van der Waals surface area contributed by atoms with E-state index in [1.165, 1.54) is 11.1 Å². The summed E-state index contributed by atoms with van der Waals surface area (Å²) >= 11 is 0. The monoisotopic (exact) mass is 310 g/mol. The van der Waals surface area contributed by atoms with Gasteiger partial charge in [0.05, 0.1) is 7.11 Å². The molecular weight excluding hydrogens is 284 g/mol. The lowest BCUT2D eigenvalue weighted by Gasteiger charge is -2.51. The van der Waals surface area contributed by atoms with Crippen LogP contribution in [0.1, 0.15) is 50.2 Å². The summed E-state index contributed by atoms with van der Waals surface area (Å²) in [5.74, 6) is 3.60. The molecule has 3 aliphatic carbocycles. The minimum atomic E-state index is -0.0978. The highest BCUT2D eigenvalue weighted by Gasteiger charge is 2.55. The molecule has 23 heavy (non-hydrogen) atoms. The molecule has 0 aliphatic heterocycles. The topological polar surface area (TPSA) is 26.3 Å². The van der Waals surface area contributed by atoms with Crippen molar-refractivity contribution in [1.29, 1.82) is 0 Å². The van der Waals surface area contributed by atoms with Crippen LogP contribution in [0, 0.1) is 23.2 Å². The Morgan fingerprint density at radius 1 is 1.35 bits per heavy atom. The number of benzene rings is 1. The normalized spacial score (nSPS) is 38.0. The average Bonchev–Trinajstić information content (AvgIpc) is 2.91. The van der Waals surface area contributed by atoms with Crippen LogP contribution in [0.5, 0.6) is 5.75 Å². The van der Waals surface area contributed by atoms with E-state index >= 15 is 0 Å². The van der Waals surface area contributed by atoms with Crippen LogP contribution in [-0.2, 0) is 11.2 Å². The molecule has 2 heteroatoms.